The van der Waals surface area contributed by atoms with Gasteiger partial charge in [-0.25, -0.2) is 4.79 Å². The molecule has 0 aromatic rings. The topological polar surface area (TPSA) is 63.2 Å². The number of carbonyl (C=O) groups excluding carboxylic acids is 1. The van der Waals surface area contributed by atoms with E-state index in [0.29, 0.717) is 5.76 Å². The highest BCUT2D eigenvalue weighted by atomic mass is 28.4. The third-order valence-corrected chi connectivity index (χ3v) is 4.65. The molecule has 1 saturated carbocycles. The number of rotatable bonds is 4. The first kappa shape index (κ1) is 22.1. The molecule has 1 atom stereocenters. The van der Waals surface area contributed by atoms with Crippen molar-refractivity contribution >= 4 is 14.3 Å². The Morgan fingerprint density at radius 1 is 1.00 bits per heavy atom. The average molecular weight is 401 g/mol. The zero-order valence-electron chi connectivity index (χ0n) is 18.4. The number of ether oxygens (including phenoxy) is 4. The van der Waals surface area contributed by atoms with Crippen LogP contribution in [-0.2, 0) is 28.2 Å². The van der Waals surface area contributed by atoms with Crippen LogP contribution in [0.15, 0.2) is 11.7 Å². The van der Waals surface area contributed by atoms with Crippen LogP contribution in [0.2, 0.25) is 19.6 Å². The van der Waals surface area contributed by atoms with E-state index in [1.54, 1.807) is 0 Å². The van der Waals surface area contributed by atoms with E-state index in [1.165, 1.54) is 0 Å². The second-order valence-electron chi connectivity index (χ2n) is 10.3. The highest BCUT2D eigenvalue weighted by molar-refractivity contribution is 6.70. The van der Waals surface area contributed by atoms with Crippen LogP contribution in [0.1, 0.15) is 67.2 Å². The molecule has 0 unspecified atom stereocenters. The maximum atomic E-state index is 12.9. The monoisotopic (exact) mass is 400 g/mol. The minimum absolute atomic E-state index is 0.251. The van der Waals surface area contributed by atoms with Crippen molar-refractivity contribution < 1.29 is 28.2 Å². The molecule has 0 N–H and O–H groups in total. The summed E-state index contributed by atoms with van der Waals surface area (Å²) in [5.74, 6) is -0.702. The summed E-state index contributed by atoms with van der Waals surface area (Å²) < 4.78 is 30.3. The molecule has 1 heterocycles. The average Bonchev–Trinajstić information content (AvgIpc) is 3.01. The van der Waals surface area contributed by atoms with Gasteiger partial charge in [-0.2, -0.15) is 0 Å². The van der Waals surface area contributed by atoms with E-state index in [9.17, 15) is 4.79 Å². The molecule has 156 valence electrons. The van der Waals surface area contributed by atoms with E-state index in [4.69, 9.17) is 23.4 Å². The molecule has 1 aliphatic heterocycles. The first-order valence-electron chi connectivity index (χ1n) is 9.81. The molecule has 0 aromatic heterocycles. The molecule has 1 saturated heterocycles. The Morgan fingerprint density at radius 3 is 1.96 bits per heavy atom. The van der Waals surface area contributed by atoms with Crippen LogP contribution >= 0.6 is 0 Å². The van der Waals surface area contributed by atoms with Crippen LogP contribution in [0.25, 0.3) is 0 Å². The normalized spacial score (nSPS) is 24.6. The quantitative estimate of drug-likeness (QED) is 0.382. The molecule has 0 amide bonds. The molecule has 0 radical (unpaired) electrons. The zero-order chi connectivity index (χ0) is 20.7. The minimum atomic E-state index is -2.02. The van der Waals surface area contributed by atoms with Gasteiger partial charge in [-0.15, -0.1) is 0 Å². The first-order valence-corrected chi connectivity index (χ1v) is 13.2. The van der Waals surface area contributed by atoms with E-state index in [1.807, 2.05) is 41.5 Å². The lowest BCUT2D eigenvalue weighted by molar-refractivity contribution is -0.186. The van der Waals surface area contributed by atoms with Crippen LogP contribution in [0.5, 0.6) is 0 Å². The third kappa shape index (κ3) is 6.42. The van der Waals surface area contributed by atoms with E-state index in [-0.39, 0.29) is 5.95 Å². The predicted molar refractivity (Wildman–Crippen MR) is 105 cm³/mol. The number of hydrogen-bond donors (Lipinski definition) is 0. The summed E-state index contributed by atoms with van der Waals surface area (Å²) in [4.78, 5) is 12.9. The van der Waals surface area contributed by atoms with Gasteiger partial charge in [0.15, 0.2) is 0 Å². The molecule has 6 nitrogen and oxygen atoms in total. The summed E-state index contributed by atoms with van der Waals surface area (Å²) in [6, 6.07) is 0. The van der Waals surface area contributed by atoms with Crippen LogP contribution in [0, 0.1) is 0 Å². The zero-order valence-corrected chi connectivity index (χ0v) is 19.4. The molecule has 2 fully saturated rings. The molecule has 2 rings (SSSR count). The van der Waals surface area contributed by atoms with E-state index < -0.39 is 37.4 Å². The smallest absolute Gasteiger partial charge is 0.344 e. The maximum Gasteiger partial charge on any atom is 0.344 e. The van der Waals surface area contributed by atoms with Gasteiger partial charge >= 0.3 is 11.9 Å². The summed E-state index contributed by atoms with van der Waals surface area (Å²) in [6.07, 6.45) is 2.50. The largest absolute Gasteiger partial charge is 0.517 e. The van der Waals surface area contributed by atoms with Crippen molar-refractivity contribution in [2.24, 2.45) is 0 Å². The van der Waals surface area contributed by atoms with Gasteiger partial charge in [-0.05, 0) is 74.0 Å². The van der Waals surface area contributed by atoms with Crippen molar-refractivity contribution in [1.29, 1.82) is 0 Å². The number of carbonyl (C=O) groups is 1. The molecule has 0 aromatic carbocycles. The Hall–Kier alpha value is -1.21. The van der Waals surface area contributed by atoms with Gasteiger partial charge in [-0.1, -0.05) is 0 Å². The highest BCUT2D eigenvalue weighted by Gasteiger charge is 2.53. The molecular weight excluding hydrogens is 364 g/mol. The summed E-state index contributed by atoms with van der Waals surface area (Å²) >= 11 is 0. The predicted octanol–water partition coefficient (Wildman–Crippen LogP) is 4.85. The molecule has 1 spiro atoms. The summed E-state index contributed by atoms with van der Waals surface area (Å²) in [7, 11) is -2.02. The fourth-order valence-electron chi connectivity index (χ4n) is 3.02. The summed E-state index contributed by atoms with van der Waals surface area (Å²) in [6.45, 7) is 17.5. The SMILES string of the molecule is CC(C)(C)OC(=O)[C@H]1OC2(CCCC2)O/C1=C(\OC(C)(C)C)O[Si](C)(C)C. The van der Waals surface area contributed by atoms with Gasteiger partial charge in [0.1, 0.15) is 11.2 Å². The Balaban J connectivity index is 2.45. The van der Waals surface area contributed by atoms with Crippen LogP contribution in [-0.4, -0.2) is 37.4 Å². The molecule has 0 bridgehead atoms. The third-order valence-electron chi connectivity index (χ3n) is 3.85. The molecule has 7 heteroatoms. The molecule has 27 heavy (non-hydrogen) atoms. The molecule has 2 aliphatic rings. The van der Waals surface area contributed by atoms with Crippen molar-refractivity contribution in [3.63, 3.8) is 0 Å². The standard InChI is InChI=1S/C20H36O6Si/c1-18(2,3)24-16(21)14-15(23-20(22-14)12-10-11-13-20)17(25-19(4,5)6)26-27(7,8)9/h14H,10-13H2,1-9H3/b17-15+/t14-/m0/s1. The van der Waals surface area contributed by atoms with Gasteiger partial charge in [0.2, 0.25) is 26.0 Å². The lowest BCUT2D eigenvalue weighted by atomic mass is 10.2. The van der Waals surface area contributed by atoms with Gasteiger partial charge in [-0.3, -0.25) is 0 Å². The highest BCUT2D eigenvalue weighted by Crippen LogP contribution is 2.45. The summed E-state index contributed by atoms with van der Waals surface area (Å²) in [5, 5.41) is 0. The van der Waals surface area contributed by atoms with Crippen LogP contribution in [0.4, 0.5) is 0 Å². The van der Waals surface area contributed by atoms with Gasteiger partial charge in [0, 0.05) is 12.8 Å². The second kappa shape index (κ2) is 7.31. The Labute approximate surface area is 164 Å². The van der Waals surface area contributed by atoms with Gasteiger partial charge < -0.3 is 23.4 Å². The number of hydrogen-bond acceptors (Lipinski definition) is 6. The van der Waals surface area contributed by atoms with Crippen LogP contribution < -0.4 is 0 Å². The Bertz CT molecular complexity index is 567. The maximum absolute atomic E-state index is 12.9. The fraction of sp³-hybridized carbons (Fsp3) is 0.850. The summed E-state index contributed by atoms with van der Waals surface area (Å²) in [5.41, 5.74) is -1.13. The van der Waals surface area contributed by atoms with Crippen molar-refractivity contribution in [2.75, 3.05) is 0 Å². The first-order chi connectivity index (χ1) is 12.1. The van der Waals surface area contributed by atoms with Crippen molar-refractivity contribution in [3.8, 4) is 0 Å². The lowest BCUT2D eigenvalue weighted by Gasteiger charge is -2.29. The van der Waals surface area contributed by atoms with E-state index in [0.717, 1.165) is 25.7 Å². The van der Waals surface area contributed by atoms with Crippen molar-refractivity contribution in [3.05, 3.63) is 11.7 Å². The van der Waals surface area contributed by atoms with E-state index in [2.05, 4.69) is 19.6 Å². The van der Waals surface area contributed by atoms with Gasteiger partial charge in [0.05, 0.1) is 0 Å². The second-order valence-corrected chi connectivity index (χ2v) is 14.8. The Morgan fingerprint density at radius 2 is 1.52 bits per heavy atom. The van der Waals surface area contributed by atoms with Crippen molar-refractivity contribution in [2.45, 2.75) is 110 Å². The lowest BCUT2D eigenvalue weighted by Crippen LogP contribution is -2.36. The van der Waals surface area contributed by atoms with Crippen molar-refractivity contribution in [1.82, 2.24) is 0 Å². The fourth-order valence-corrected chi connectivity index (χ4v) is 3.72. The molecule has 1 aliphatic carbocycles. The van der Waals surface area contributed by atoms with Crippen LogP contribution in [0.3, 0.4) is 0 Å². The Kier molecular flexibility index (Phi) is 5.98. The molecular formula is C20H36O6Si. The van der Waals surface area contributed by atoms with Gasteiger partial charge in [0.25, 0.3) is 0 Å². The number of esters is 1. The van der Waals surface area contributed by atoms with E-state index >= 15 is 0 Å². The minimum Gasteiger partial charge on any atom is -0.517 e.